The molecule has 0 heterocycles. The van der Waals surface area contributed by atoms with E-state index >= 15 is 0 Å². The monoisotopic (exact) mass is 362 g/mol. The van der Waals surface area contributed by atoms with Gasteiger partial charge in [0.2, 0.25) is 0 Å². The summed E-state index contributed by atoms with van der Waals surface area (Å²) in [6.45, 7) is 7.27. The van der Waals surface area contributed by atoms with E-state index in [0.717, 1.165) is 37.3 Å². The van der Waals surface area contributed by atoms with E-state index in [4.69, 9.17) is 4.74 Å². The third-order valence-electron chi connectivity index (χ3n) is 4.03. The van der Waals surface area contributed by atoms with Crippen molar-refractivity contribution in [2.45, 2.75) is 20.3 Å². The summed E-state index contributed by atoms with van der Waals surface area (Å²) in [6.07, 6.45) is 0.374. The second-order valence-electron chi connectivity index (χ2n) is 5.61. The molecule has 5 heteroatoms. The Morgan fingerprint density at radius 1 is 1.00 bits per heavy atom. The van der Waals surface area contributed by atoms with Crippen LogP contribution in [0.2, 0.25) is 0 Å². The van der Waals surface area contributed by atoms with E-state index in [1.807, 2.05) is 42.5 Å². The van der Waals surface area contributed by atoms with E-state index in [1.54, 1.807) is 0 Å². The highest BCUT2D eigenvalue weighted by atomic mass is 35.5. The third kappa shape index (κ3) is 7.16. The molecular formula is C20H27ClN2O2. The summed E-state index contributed by atoms with van der Waals surface area (Å²) in [5, 5.41) is 2.86. The van der Waals surface area contributed by atoms with Gasteiger partial charge in [-0.05, 0) is 36.7 Å². The van der Waals surface area contributed by atoms with Crippen molar-refractivity contribution in [2.24, 2.45) is 0 Å². The van der Waals surface area contributed by atoms with E-state index in [0.29, 0.717) is 6.61 Å². The van der Waals surface area contributed by atoms with Crippen LogP contribution in [0.1, 0.15) is 25.0 Å². The molecule has 2 aromatic carbocycles. The summed E-state index contributed by atoms with van der Waals surface area (Å²) in [7, 11) is 0. The molecule has 1 N–H and O–H groups in total. The van der Waals surface area contributed by atoms with Crippen LogP contribution >= 0.6 is 12.4 Å². The maximum atomic E-state index is 12.0. The van der Waals surface area contributed by atoms with Gasteiger partial charge < -0.3 is 9.64 Å². The molecule has 0 fully saturated rings. The molecule has 0 spiro atoms. The second-order valence-corrected chi connectivity index (χ2v) is 5.61. The first-order valence-corrected chi connectivity index (χ1v) is 8.50. The molecule has 0 unspecified atom stereocenters. The number of carbonyl (C=O) groups excluding carboxylic acids is 1. The zero-order valence-electron chi connectivity index (χ0n) is 14.9. The first-order chi connectivity index (χ1) is 11.7. The largest absolute Gasteiger partial charge is 0.448 e. The van der Waals surface area contributed by atoms with Crippen LogP contribution in [-0.4, -0.2) is 37.2 Å². The summed E-state index contributed by atoms with van der Waals surface area (Å²) < 4.78 is 5.29. The first kappa shape index (κ1) is 21.0. The Bertz CT molecular complexity index is 631. The lowest BCUT2D eigenvalue weighted by atomic mass is 10.0. The van der Waals surface area contributed by atoms with Crippen molar-refractivity contribution in [3.63, 3.8) is 0 Å². The molecule has 0 aliphatic heterocycles. The van der Waals surface area contributed by atoms with Crippen LogP contribution < -0.4 is 5.32 Å². The number of nitrogens with zero attached hydrogens (tertiary/aromatic N) is 1. The van der Waals surface area contributed by atoms with Gasteiger partial charge in [-0.25, -0.2) is 4.79 Å². The van der Waals surface area contributed by atoms with Crippen LogP contribution in [0.5, 0.6) is 0 Å². The fourth-order valence-corrected chi connectivity index (χ4v) is 2.57. The van der Waals surface area contributed by atoms with E-state index < -0.39 is 6.09 Å². The van der Waals surface area contributed by atoms with Crippen molar-refractivity contribution in [1.82, 2.24) is 4.90 Å². The summed E-state index contributed by atoms with van der Waals surface area (Å²) in [5.74, 6) is 0. The van der Waals surface area contributed by atoms with E-state index in [2.05, 4.69) is 36.2 Å². The zero-order valence-corrected chi connectivity index (χ0v) is 15.7. The van der Waals surface area contributed by atoms with Gasteiger partial charge in [0.25, 0.3) is 0 Å². The highest BCUT2D eigenvalue weighted by Crippen LogP contribution is 2.19. The molecule has 0 bridgehead atoms. The third-order valence-corrected chi connectivity index (χ3v) is 4.03. The van der Waals surface area contributed by atoms with Crippen molar-refractivity contribution in [1.29, 1.82) is 0 Å². The maximum absolute atomic E-state index is 12.0. The minimum Gasteiger partial charge on any atom is -0.448 e. The van der Waals surface area contributed by atoms with Gasteiger partial charge in [-0.2, -0.15) is 0 Å². The van der Waals surface area contributed by atoms with Crippen LogP contribution in [0.4, 0.5) is 10.5 Å². The Kier molecular flexibility index (Phi) is 9.66. The number of halogens is 1. The van der Waals surface area contributed by atoms with Crippen LogP contribution in [0, 0.1) is 0 Å². The van der Waals surface area contributed by atoms with Gasteiger partial charge in [0, 0.05) is 12.2 Å². The van der Waals surface area contributed by atoms with Gasteiger partial charge >= 0.3 is 6.09 Å². The van der Waals surface area contributed by atoms with Gasteiger partial charge in [0.15, 0.2) is 0 Å². The zero-order chi connectivity index (χ0) is 17.2. The quantitative estimate of drug-likeness (QED) is 0.746. The number of hydrogen-bond acceptors (Lipinski definition) is 3. The number of amides is 1. The number of nitrogens with one attached hydrogen (secondary N) is 1. The number of ether oxygens (including phenoxy) is 1. The van der Waals surface area contributed by atoms with Crippen molar-refractivity contribution in [3.8, 4) is 0 Å². The van der Waals surface area contributed by atoms with Gasteiger partial charge in [0.05, 0.1) is 0 Å². The summed E-state index contributed by atoms with van der Waals surface area (Å²) in [4.78, 5) is 14.2. The highest BCUT2D eigenvalue weighted by molar-refractivity contribution is 5.86. The lowest BCUT2D eigenvalue weighted by Crippen LogP contribution is -2.28. The topological polar surface area (TPSA) is 41.6 Å². The van der Waals surface area contributed by atoms with Crippen molar-refractivity contribution in [2.75, 3.05) is 31.6 Å². The molecular weight excluding hydrogens is 336 g/mol. The maximum Gasteiger partial charge on any atom is 0.411 e. The van der Waals surface area contributed by atoms with Crippen molar-refractivity contribution in [3.05, 3.63) is 65.7 Å². The van der Waals surface area contributed by atoms with E-state index in [9.17, 15) is 4.79 Å². The van der Waals surface area contributed by atoms with E-state index in [1.165, 1.54) is 5.56 Å². The van der Waals surface area contributed by atoms with Crippen molar-refractivity contribution < 1.29 is 9.53 Å². The summed E-state index contributed by atoms with van der Waals surface area (Å²) >= 11 is 0. The number of anilines is 1. The van der Waals surface area contributed by atoms with Crippen molar-refractivity contribution >= 4 is 24.2 Å². The Morgan fingerprint density at radius 3 is 2.32 bits per heavy atom. The molecule has 0 aliphatic carbocycles. The van der Waals surface area contributed by atoms with Crippen LogP contribution in [0.3, 0.4) is 0 Å². The van der Waals surface area contributed by atoms with Crippen LogP contribution in [0.15, 0.2) is 54.6 Å². The number of likely N-dealkylation sites (N-methyl/N-ethyl adjacent to an activating group) is 1. The number of rotatable bonds is 8. The van der Waals surface area contributed by atoms with Gasteiger partial charge in [0.1, 0.15) is 6.61 Å². The molecule has 0 saturated carbocycles. The van der Waals surface area contributed by atoms with Gasteiger partial charge in [-0.3, -0.25) is 5.32 Å². The average Bonchev–Trinajstić information content (AvgIpc) is 2.61. The minimum absolute atomic E-state index is 0. The number of benzene rings is 2. The van der Waals surface area contributed by atoms with Crippen LogP contribution in [0.25, 0.3) is 0 Å². The molecule has 25 heavy (non-hydrogen) atoms. The fraction of sp³-hybridized carbons (Fsp3) is 0.350. The predicted molar refractivity (Wildman–Crippen MR) is 106 cm³/mol. The SMILES string of the molecule is CCN(CC)CCOC(=O)Nc1ccccc1Cc1ccccc1.Cl. The summed E-state index contributed by atoms with van der Waals surface area (Å²) in [6, 6.07) is 18.0. The molecule has 0 radical (unpaired) electrons. The fourth-order valence-electron chi connectivity index (χ4n) is 2.57. The first-order valence-electron chi connectivity index (χ1n) is 8.50. The molecule has 0 atom stereocenters. The lowest BCUT2D eigenvalue weighted by Gasteiger charge is -2.18. The van der Waals surface area contributed by atoms with Gasteiger partial charge in [-0.15, -0.1) is 12.4 Å². The Morgan fingerprint density at radius 2 is 1.64 bits per heavy atom. The number of para-hydroxylation sites is 1. The highest BCUT2D eigenvalue weighted by Gasteiger charge is 2.08. The lowest BCUT2D eigenvalue weighted by molar-refractivity contribution is 0.142. The standard InChI is InChI=1S/C20H26N2O2.ClH/c1-3-22(4-2)14-15-24-20(23)21-19-13-9-8-12-18(19)16-17-10-6-5-7-11-17;/h5-13H,3-4,14-16H2,1-2H3,(H,21,23);1H. The van der Waals surface area contributed by atoms with E-state index in [-0.39, 0.29) is 12.4 Å². The number of hydrogen-bond donors (Lipinski definition) is 1. The molecule has 1 amide bonds. The van der Waals surface area contributed by atoms with Crippen LogP contribution in [-0.2, 0) is 11.2 Å². The Balaban J connectivity index is 0.00000312. The average molecular weight is 363 g/mol. The minimum atomic E-state index is -0.400. The molecule has 0 saturated heterocycles. The Hall–Kier alpha value is -2.04. The smallest absolute Gasteiger partial charge is 0.411 e. The molecule has 0 aliphatic rings. The normalized spacial score (nSPS) is 10.2. The molecule has 2 rings (SSSR count). The summed E-state index contributed by atoms with van der Waals surface area (Å²) in [5.41, 5.74) is 3.08. The molecule has 2 aromatic rings. The van der Waals surface area contributed by atoms with Gasteiger partial charge in [-0.1, -0.05) is 62.4 Å². The molecule has 0 aromatic heterocycles. The molecule has 4 nitrogen and oxygen atoms in total. The number of carbonyl (C=O) groups is 1. The second kappa shape index (κ2) is 11.5. The molecule has 136 valence electrons. The predicted octanol–water partition coefficient (Wildman–Crippen LogP) is 4.59. The Labute approximate surface area is 156 Å².